The lowest BCUT2D eigenvalue weighted by Crippen LogP contribution is -2.31. The highest BCUT2D eigenvalue weighted by molar-refractivity contribution is 6.02. The molecular formula is C29H27N3O3. The van der Waals surface area contributed by atoms with Gasteiger partial charge in [0, 0.05) is 29.7 Å². The normalized spacial score (nSPS) is 14.0. The first-order valence-electron chi connectivity index (χ1n) is 11.9. The molecule has 1 fully saturated rings. The highest BCUT2D eigenvalue weighted by atomic mass is 16.5. The van der Waals surface area contributed by atoms with Gasteiger partial charge in [-0.3, -0.25) is 4.79 Å². The van der Waals surface area contributed by atoms with Crippen LogP contribution >= 0.6 is 0 Å². The van der Waals surface area contributed by atoms with E-state index < -0.39 is 18.0 Å². The lowest BCUT2D eigenvalue weighted by molar-refractivity contribution is -0.123. The van der Waals surface area contributed by atoms with Gasteiger partial charge in [0.2, 0.25) is 0 Å². The molecule has 0 saturated carbocycles. The van der Waals surface area contributed by atoms with Crippen LogP contribution in [0.25, 0.3) is 22.0 Å². The van der Waals surface area contributed by atoms with Gasteiger partial charge >= 0.3 is 5.97 Å². The molecule has 3 aromatic carbocycles. The number of pyridine rings is 1. The van der Waals surface area contributed by atoms with E-state index >= 15 is 0 Å². The van der Waals surface area contributed by atoms with Crippen molar-refractivity contribution in [1.82, 2.24) is 4.98 Å². The monoisotopic (exact) mass is 465 g/mol. The second-order valence-corrected chi connectivity index (χ2v) is 8.69. The standard InChI is InChI=1S/C29H27N3O3/c1-20(28(33)31-26-16-8-6-14-23(26)21-11-3-2-4-12-21)35-29(34)24-19-22-13-5-7-15-25(22)30-27(24)32-17-9-10-18-32/h2-8,11-16,19-20H,9-10,17-18H2,1H3,(H,31,33). The molecule has 0 radical (unpaired) electrons. The van der Waals surface area contributed by atoms with Crippen LogP contribution in [0.4, 0.5) is 11.5 Å². The fourth-order valence-electron chi connectivity index (χ4n) is 4.40. The van der Waals surface area contributed by atoms with Crippen molar-refractivity contribution < 1.29 is 14.3 Å². The first-order valence-corrected chi connectivity index (χ1v) is 11.9. The summed E-state index contributed by atoms with van der Waals surface area (Å²) in [6.07, 6.45) is 1.13. The molecule has 0 aliphatic carbocycles. The molecule has 1 aromatic heterocycles. The fourth-order valence-corrected chi connectivity index (χ4v) is 4.40. The number of amides is 1. The van der Waals surface area contributed by atoms with Gasteiger partial charge in [-0.2, -0.15) is 0 Å². The summed E-state index contributed by atoms with van der Waals surface area (Å²) >= 11 is 0. The van der Waals surface area contributed by atoms with Gasteiger partial charge in [0.15, 0.2) is 6.10 Å². The Bertz CT molecular complexity index is 1360. The SMILES string of the molecule is CC(OC(=O)c1cc2ccccc2nc1N1CCCC1)C(=O)Nc1ccccc1-c1ccccc1. The average molecular weight is 466 g/mol. The molecule has 176 valence electrons. The molecule has 1 N–H and O–H groups in total. The number of nitrogens with one attached hydrogen (secondary N) is 1. The third kappa shape index (κ3) is 4.87. The topological polar surface area (TPSA) is 71.5 Å². The number of para-hydroxylation sites is 2. The summed E-state index contributed by atoms with van der Waals surface area (Å²) in [5.41, 5.74) is 3.77. The van der Waals surface area contributed by atoms with Crippen molar-refractivity contribution in [2.24, 2.45) is 0 Å². The smallest absolute Gasteiger partial charge is 0.342 e. The van der Waals surface area contributed by atoms with E-state index in [0.29, 0.717) is 17.1 Å². The van der Waals surface area contributed by atoms with Crippen molar-refractivity contribution in [3.8, 4) is 11.1 Å². The number of hydrogen-bond donors (Lipinski definition) is 1. The second kappa shape index (κ2) is 9.97. The summed E-state index contributed by atoms with van der Waals surface area (Å²) in [5, 5.41) is 3.78. The van der Waals surface area contributed by atoms with Crippen LogP contribution in [0.3, 0.4) is 0 Å². The average Bonchev–Trinajstić information content (AvgIpc) is 3.43. The number of esters is 1. The van der Waals surface area contributed by atoms with Gasteiger partial charge in [-0.25, -0.2) is 9.78 Å². The van der Waals surface area contributed by atoms with E-state index in [-0.39, 0.29) is 0 Å². The lowest BCUT2D eigenvalue weighted by atomic mass is 10.0. The minimum absolute atomic E-state index is 0.384. The first-order chi connectivity index (χ1) is 17.1. The zero-order chi connectivity index (χ0) is 24.2. The van der Waals surface area contributed by atoms with E-state index in [1.807, 2.05) is 84.9 Å². The number of anilines is 2. The number of rotatable bonds is 6. The van der Waals surface area contributed by atoms with Crippen LogP contribution in [-0.2, 0) is 9.53 Å². The Labute approximate surface area is 204 Å². The largest absolute Gasteiger partial charge is 0.449 e. The van der Waals surface area contributed by atoms with E-state index in [9.17, 15) is 9.59 Å². The van der Waals surface area contributed by atoms with E-state index in [4.69, 9.17) is 9.72 Å². The van der Waals surface area contributed by atoms with Crippen LogP contribution in [0.15, 0.2) is 84.9 Å². The Balaban J connectivity index is 1.36. The summed E-state index contributed by atoms with van der Waals surface area (Å²) in [5.74, 6) is -0.324. The van der Waals surface area contributed by atoms with Gasteiger partial charge in [-0.05, 0) is 43.5 Å². The number of aromatic nitrogens is 1. The molecule has 1 atom stereocenters. The Morgan fingerprint density at radius 2 is 1.60 bits per heavy atom. The zero-order valence-corrected chi connectivity index (χ0v) is 19.6. The molecule has 1 amide bonds. The minimum Gasteiger partial charge on any atom is -0.449 e. The van der Waals surface area contributed by atoms with Crippen LogP contribution in [0, 0.1) is 0 Å². The van der Waals surface area contributed by atoms with Gasteiger partial charge in [0.25, 0.3) is 5.91 Å². The molecule has 35 heavy (non-hydrogen) atoms. The molecule has 1 unspecified atom stereocenters. The van der Waals surface area contributed by atoms with Crippen molar-refractivity contribution in [3.63, 3.8) is 0 Å². The van der Waals surface area contributed by atoms with Crippen molar-refractivity contribution >= 4 is 34.3 Å². The minimum atomic E-state index is -0.982. The van der Waals surface area contributed by atoms with Gasteiger partial charge in [0.1, 0.15) is 11.4 Å². The molecule has 0 bridgehead atoms. The van der Waals surface area contributed by atoms with E-state index in [1.165, 1.54) is 0 Å². The molecule has 5 rings (SSSR count). The van der Waals surface area contributed by atoms with E-state index in [0.717, 1.165) is 48.0 Å². The Hall–Kier alpha value is -4.19. The molecule has 4 aromatic rings. The van der Waals surface area contributed by atoms with Crippen LogP contribution in [-0.4, -0.2) is 36.1 Å². The highest BCUT2D eigenvalue weighted by Crippen LogP contribution is 2.29. The number of benzene rings is 3. The Kier molecular flexibility index (Phi) is 6.44. The van der Waals surface area contributed by atoms with Crippen molar-refractivity contribution in [2.75, 3.05) is 23.3 Å². The van der Waals surface area contributed by atoms with E-state index in [1.54, 1.807) is 6.92 Å². The van der Waals surface area contributed by atoms with Crippen LogP contribution in [0.5, 0.6) is 0 Å². The fraction of sp³-hybridized carbons (Fsp3) is 0.207. The van der Waals surface area contributed by atoms with E-state index in [2.05, 4.69) is 10.2 Å². The number of ether oxygens (including phenoxy) is 1. The molecule has 1 saturated heterocycles. The number of nitrogens with zero attached hydrogens (tertiary/aromatic N) is 2. The molecule has 0 spiro atoms. The molecule has 1 aliphatic rings. The predicted octanol–water partition coefficient (Wildman–Crippen LogP) is 5.69. The van der Waals surface area contributed by atoms with Gasteiger partial charge in [0.05, 0.1) is 5.52 Å². The Morgan fingerprint density at radius 1 is 0.914 bits per heavy atom. The number of fused-ring (bicyclic) bond motifs is 1. The predicted molar refractivity (Wildman–Crippen MR) is 139 cm³/mol. The van der Waals surface area contributed by atoms with Crippen LogP contribution in [0.1, 0.15) is 30.1 Å². The summed E-state index contributed by atoms with van der Waals surface area (Å²) in [4.78, 5) is 33.1. The summed E-state index contributed by atoms with van der Waals surface area (Å²) in [7, 11) is 0. The summed E-state index contributed by atoms with van der Waals surface area (Å²) in [6.45, 7) is 3.28. The number of carbonyl (C=O) groups is 2. The zero-order valence-electron chi connectivity index (χ0n) is 19.6. The third-order valence-corrected chi connectivity index (χ3v) is 6.25. The number of hydrogen-bond acceptors (Lipinski definition) is 5. The van der Waals surface area contributed by atoms with Gasteiger partial charge in [-0.15, -0.1) is 0 Å². The quantitative estimate of drug-likeness (QED) is 0.371. The number of carbonyl (C=O) groups excluding carboxylic acids is 2. The van der Waals surface area contributed by atoms with Gasteiger partial charge in [-0.1, -0.05) is 66.7 Å². The lowest BCUT2D eigenvalue weighted by Gasteiger charge is -2.21. The highest BCUT2D eigenvalue weighted by Gasteiger charge is 2.26. The van der Waals surface area contributed by atoms with Crippen LogP contribution in [0.2, 0.25) is 0 Å². The van der Waals surface area contributed by atoms with Gasteiger partial charge < -0.3 is 15.0 Å². The van der Waals surface area contributed by atoms with Crippen molar-refractivity contribution in [1.29, 1.82) is 0 Å². The van der Waals surface area contributed by atoms with Crippen LogP contribution < -0.4 is 10.2 Å². The summed E-state index contributed by atoms with van der Waals surface area (Å²) < 4.78 is 5.65. The molecule has 6 heteroatoms. The summed E-state index contributed by atoms with van der Waals surface area (Å²) in [6, 6.07) is 26.9. The maximum Gasteiger partial charge on any atom is 0.342 e. The maximum atomic E-state index is 13.3. The van der Waals surface area contributed by atoms with Crippen molar-refractivity contribution in [2.45, 2.75) is 25.9 Å². The van der Waals surface area contributed by atoms with Crippen molar-refractivity contribution in [3.05, 3.63) is 90.5 Å². The molecular weight excluding hydrogens is 438 g/mol. The maximum absolute atomic E-state index is 13.3. The molecule has 6 nitrogen and oxygen atoms in total. The molecule has 2 heterocycles. The second-order valence-electron chi connectivity index (χ2n) is 8.69. The first kappa shape index (κ1) is 22.6. The molecule has 1 aliphatic heterocycles. The third-order valence-electron chi connectivity index (χ3n) is 6.25. The Morgan fingerprint density at radius 3 is 2.40 bits per heavy atom.